The van der Waals surface area contributed by atoms with Gasteiger partial charge in [-0.3, -0.25) is 14.5 Å². The van der Waals surface area contributed by atoms with Gasteiger partial charge in [-0.25, -0.2) is 4.79 Å². The zero-order chi connectivity index (χ0) is 17.0. The van der Waals surface area contributed by atoms with Crippen LogP contribution in [0.15, 0.2) is 17.4 Å². The van der Waals surface area contributed by atoms with Crippen molar-refractivity contribution in [2.75, 3.05) is 12.3 Å². The molecule has 0 unspecified atom stereocenters. The second-order valence-corrected chi connectivity index (χ2v) is 6.91. The summed E-state index contributed by atoms with van der Waals surface area (Å²) < 4.78 is 1.60. The van der Waals surface area contributed by atoms with Crippen molar-refractivity contribution in [3.63, 3.8) is 0 Å². The number of nitrogens with zero attached hydrogens (tertiary/aromatic N) is 3. The Morgan fingerprint density at radius 1 is 1.35 bits per heavy atom. The molecule has 0 spiro atoms. The lowest BCUT2D eigenvalue weighted by molar-refractivity contribution is -0.117. The van der Waals surface area contributed by atoms with Crippen molar-refractivity contribution in [1.29, 1.82) is 0 Å². The third-order valence-corrected chi connectivity index (χ3v) is 4.08. The molecule has 0 aromatic carbocycles. The standard InChI is InChI=1S/C13H15Cl2N5O2S/c1-7(2)4-16-12(22)17-10(21)6-23-13-19-18-11-9(15)3-8(14)5-20(11)13/h3,5,7H,4,6H2,1-2H3,(H2,16,17,21,22). The van der Waals surface area contributed by atoms with Crippen LogP contribution in [-0.4, -0.2) is 38.8 Å². The summed E-state index contributed by atoms with van der Waals surface area (Å²) in [7, 11) is 0. The van der Waals surface area contributed by atoms with Gasteiger partial charge in [-0.2, -0.15) is 0 Å². The highest BCUT2D eigenvalue weighted by Gasteiger charge is 2.13. The molecule has 2 aromatic heterocycles. The maximum absolute atomic E-state index is 11.8. The maximum atomic E-state index is 11.8. The Kier molecular flexibility index (Phi) is 6.09. The number of carbonyl (C=O) groups excluding carboxylic acids is 2. The fourth-order valence-electron chi connectivity index (χ4n) is 1.63. The molecule has 0 fully saturated rings. The van der Waals surface area contributed by atoms with Gasteiger partial charge < -0.3 is 5.32 Å². The van der Waals surface area contributed by atoms with Crippen molar-refractivity contribution in [3.05, 3.63) is 22.3 Å². The molecular formula is C13H15Cl2N5O2S. The van der Waals surface area contributed by atoms with E-state index in [1.54, 1.807) is 16.7 Å². The Hall–Kier alpha value is -1.51. The van der Waals surface area contributed by atoms with E-state index in [0.717, 1.165) is 11.8 Å². The van der Waals surface area contributed by atoms with Crippen LogP contribution in [0.25, 0.3) is 5.65 Å². The molecule has 7 nitrogen and oxygen atoms in total. The molecule has 0 aliphatic carbocycles. The molecule has 2 heterocycles. The van der Waals surface area contributed by atoms with Crippen LogP contribution in [0.5, 0.6) is 0 Å². The summed E-state index contributed by atoms with van der Waals surface area (Å²) in [5.74, 6) is -0.108. The van der Waals surface area contributed by atoms with Crippen LogP contribution in [0.4, 0.5) is 4.79 Å². The SMILES string of the molecule is CC(C)CNC(=O)NC(=O)CSc1nnc2c(Cl)cc(Cl)cn12. The molecule has 0 bridgehead atoms. The van der Waals surface area contributed by atoms with Crippen LogP contribution in [0, 0.1) is 5.92 Å². The van der Waals surface area contributed by atoms with E-state index in [0.29, 0.717) is 33.3 Å². The molecule has 0 aliphatic heterocycles. The minimum atomic E-state index is -0.513. The second kappa shape index (κ2) is 7.85. The van der Waals surface area contributed by atoms with Gasteiger partial charge in [0, 0.05) is 12.7 Å². The predicted octanol–water partition coefficient (Wildman–Crippen LogP) is 2.61. The fraction of sp³-hybridized carbons (Fsp3) is 0.385. The van der Waals surface area contributed by atoms with Crippen LogP contribution in [0.2, 0.25) is 10.0 Å². The molecule has 0 saturated heterocycles. The van der Waals surface area contributed by atoms with Crippen molar-refractivity contribution < 1.29 is 9.59 Å². The smallest absolute Gasteiger partial charge is 0.321 e. The molecule has 0 radical (unpaired) electrons. The highest BCUT2D eigenvalue weighted by atomic mass is 35.5. The first kappa shape index (κ1) is 17.8. The van der Waals surface area contributed by atoms with Crippen LogP contribution < -0.4 is 10.6 Å². The first-order chi connectivity index (χ1) is 10.9. The van der Waals surface area contributed by atoms with Gasteiger partial charge in [-0.1, -0.05) is 48.8 Å². The first-order valence-electron chi connectivity index (χ1n) is 6.77. The highest BCUT2D eigenvalue weighted by Crippen LogP contribution is 2.25. The number of imide groups is 1. The Morgan fingerprint density at radius 3 is 2.78 bits per heavy atom. The van der Waals surface area contributed by atoms with Gasteiger partial charge in [-0.05, 0) is 12.0 Å². The molecule has 124 valence electrons. The molecule has 0 atom stereocenters. The number of halogens is 2. The normalized spacial score (nSPS) is 11.0. The molecule has 2 rings (SSSR count). The summed E-state index contributed by atoms with van der Waals surface area (Å²) in [6.07, 6.45) is 1.61. The third-order valence-electron chi connectivity index (χ3n) is 2.65. The van der Waals surface area contributed by atoms with E-state index in [9.17, 15) is 9.59 Å². The van der Waals surface area contributed by atoms with E-state index in [4.69, 9.17) is 23.2 Å². The van der Waals surface area contributed by atoms with Crippen LogP contribution in [-0.2, 0) is 4.79 Å². The molecule has 10 heteroatoms. The highest BCUT2D eigenvalue weighted by molar-refractivity contribution is 7.99. The van der Waals surface area contributed by atoms with Crippen molar-refractivity contribution in [3.8, 4) is 0 Å². The first-order valence-corrected chi connectivity index (χ1v) is 8.51. The van der Waals surface area contributed by atoms with Crippen LogP contribution in [0.1, 0.15) is 13.8 Å². The number of amides is 3. The van der Waals surface area contributed by atoms with Gasteiger partial charge in [0.1, 0.15) is 0 Å². The summed E-state index contributed by atoms with van der Waals surface area (Å²) in [5, 5.41) is 14.0. The van der Waals surface area contributed by atoms with E-state index >= 15 is 0 Å². The minimum Gasteiger partial charge on any atom is -0.338 e. The number of urea groups is 1. The summed E-state index contributed by atoms with van der Waals surface area (Å²) >= 11 is 13.1. The van der Waals surface area contributed by atoms with Gasteiger partial charge in [0.05, 0.1) is 15.8 Å². The van der Waals surface area contributed by atoms with E-state index in [1.807, 2.05) is 13.8 Å². The van der Waals surface area contributed by atoms with E-state index in [1.165, 1.54) is 0 Å². The topological polar surface area (TPSA) is 88.4 Å². The third kappa shape index (κ3) is 4.98. The molecular weight excluding hydrogens is 361 g/mol. The lowest BCUT2D eigenvalue weighted by atomic mass is 10.2. The Morgan fingerprint density at radius 2 is 2.09 bits per heavy atom. The molecule has 23 heavy (non-hydrogen) atoms. The van der Waals surface area contributed by atoms with Crippen LogP contribution in [0.3, 0.4) is 0 Å². The minimum absolute atomic E-state index is 0.0139. The molecule has 2 aromatic rings. The molecule has 3 amide bonds. The van der Waals surface area contributed by atoms with Crippen LogP contribution >= 0.6 is 35.0 Å². The number of fused-ring (bicyclic) bond motifs is 1. The van der Waals surface area contributed by atoms with Gasteiger partial charge >= 0.3 is 6.03 Å². The van der Waals surface area contributed by atoms with E-state index in [2.05, 4.69) is 20.8 Å². The fourth-order valence-corrected chi connectivity index (χ4v) is 2.85. The summed E-state index contributed by atoms with van der Waals surface area (Å²) in [6, 6.07) is 1.05. The largest absolute Gasteiger partial charge is 0.338 e. The molecule has 0 aliphatic rings. The Bertz CT molecular complexity index is 734. The predicted molar refractivity (Wildman–Crippen MR) is 90.1 cm³/mol. The number of rotatable bonds is 5. The number of hydrogen-bond donors (Lipinski definition) is 2. The Labute approximate surface area is 147 Å². The van der Waals surface area contributed by atoms with Gasteiger partial charge in [0.25, 0.3) is 0 Å². The van der Waals surface area contributed by atoms with Crippen molar-refractivity contribution in [2.24, 2.45) is 5.92 Å². The van der Waals surface area contributed by atoms with Crippen molar-refractivity contribution in [1.82, 2.24) is 25.2 Å². The summed E-state index contributed by atoms with van der Waals surface area (Å²) in [4.78, 5) is 23.3. The van der Waals surface area contributed by atoms with E-state index < -0.39 is 11.9 Å². The zero-order valence-corrected chi connectivity index (χ0v) is 14.8. The number of thioether (sulfide) groups is 1. The quantitative estimate of drug-likeness (QED) is 0.784. The monoisotopic (exact) mass is 375 g/mol. The molecule has 2 N–H and O–H groups in total. The number of nitrogens with one attached hydrogen (secondary N) is 2. The maximum Gasteiger partial charge on any atom is 0.321 e. The zero-order valence-electron chi connectivity index (χ0n) is 12.5. The average molecular weight is 376 g/mol. The summed E-state index contributed by atoms with van der Waals surface area (Å²) in [5.41, 5.74) is 0.452. The lowest BCUT2D eigenvalue weighted by Gasteiger charge is -2.08. The van der Waals surface area contributed by atoms with E-state index in [-0.39, 0.29) is 5.75 Å². The Balaban J connectivity index is 1.93. The number of hydrogen-bond acceptors (Lipinski definition) is 5. The van der Waals surface area contributed by atoms with Gasteiger partial charge in [0.2, 0.25) is 5.91 Å². The number of aromatic nitrogens is 3. The van der Waals surface area contributed by atoms with Crippen molar-refractivity contribution in [2.45, 2.75) is 19.0 Å². The molecule has 0 saturated carbocycles. The lowest BCUT2D eigenvalue weighted by Crippen LogP contribution is -2.41. The second-order valence-electron chi connectivity index (χ2n) is 5.12. The van der Waals surface area contributed by atoms with Gasteiger partial charge in [-0.15, -0.1) is 10.2 Å². The average Bonchev–Trinajstić information content (AvgIpc) is 2.86. The number of pyridine rings is 1. The van der Waals surface area contributed by atoms with Crippen molar-refractivity contribution >= 4 is 52.5 Å². The van der Waals surface area contributed by atoms with Gasteiger partial charge in [0.15, 0.2) is 10.8 Å². The summed E-state index contributed by atoms with van der Waals surface area (Å²) in [6.45, 7) is 4.42. The number of carbonyl (C=O) groups is 2.